The number of benzene rings is 2. The summed E-state index contributed by atoms with van der Waals surface area (Å²) in [6, 6.07) is 13.0. The second kappa shape index (κ2) is 11.2. The molecule has 0 radical (unpaired) electrons. The molecule has 7 heteroatoms. The summed E-state index contributed by atoms with van der Waals surface area (Å²) in [5.41, 5.74) is 3.60. The molecule has 2 atom stereocenters. The molecule has 0 bridgehead atoms. The van der Waals surface area contributed by atoms with E-state index in [-0.39, 0.29) is 36.7 Å². The number of anilines is 1. The lowest BCUT2D eigenvalue weighted by atomic mass is 9.92. The largest absolute Gasteiger partial charge is 0.497 e. The maximum atomic E-state index is 13.5. The van der Waals surface area contributed by atoms with Crippen LogP contribution in [0, 0.1) is 19.8 Å². The third-order valence-electron chi connectivity index (χ3n) is 6.46. The number of amides is 3. The standard InChI is InChI=1S/C27H35N3O4/c1-6-7-15-30-24(32)16-22(26(30)20-11-13-21(34-5)14-12-20)27(33)29(4)17-23(31)28-25-18(2)9-8-10-19(25)3/h8-14,22,26H,6-7,15-17H2,1-5H3,(H,28,31). The summed E-state index contributed by atoms with van der Waals surface area (Å²) >= 11 is 0. The summed E-state index contributed by atoms with van der Waals surface area (Å²) in [6.07, 6.45) is 1.96. The molecule has 0 spiro atoms. The Bertz CT molecular complexity index is 1010. The van der Waals surface area contributed by atoms with Gasteiger partial charge in [-0.2, -0.15) is 0 Å². The van der Waals surface area contributed by atoms with Crippen molar-refractivity contribution < 1.29 is 19.1 Å². The minimum Gasteiger partial charge on any atom is -0.497 e. The molecule has 7 nitrogen and oxygen atoms in total. The van der Waals surface area contributed by atoms with Gasteiger partial charge in [0.1, 0.15) is 5.75 Å². The van der Waals surface area contributed by atoms with Crippen molar-refractivity contribution in [3.05, 3.63) is 59.2 Å². The van der Waals surface area contributed by atoms with Gasteiger partial charge in [0.2, 0.25) is 17.7 Å². The highest BCUT2D eigenvalue weighted by molar-refractivity contribution is 5.97. The van der Waals surface area contributed by atoms with Crippen LogP contribution in [0.1, 0.15) is 48.9 Å². The fraction of sp³-hybridized carbons (Fsp3) is 0.444. The van der Waals surface area contributed by atoms with E-state index in [2.05, 4.69) is 12.2 Å². The third-order valence-corrected chi connectivity index (χ3v) is 6.46. The number of para-hydroxylation sites is 1. The first kappa shape index (κ1) is 25.3. The van der Waals surface area contributed by atoms with Crippen LogP contribution in [0.15, 0.2) is 42.5 Å². The lowest BCUT2D eigenvalue weighted by Crippen LogP contribution is -2.40. The van der Waals surface area contributed by atoms with Crippen LogP contribution in [0.5, 0.6) is 5.75 Å². The van der Waals surface area contributed by atoms with Crippen molar-refractivity contribution in [2.45, 2.75) is 46.1 Å². The topological polar surface area (TPSA) is 79.0 Å². The van der Waals surface area contributed by atoms with Crippen LogP contribution in [-0.2, 0) is 14.4 Å². The minimum absolute atomic E-state index is 0.0268. The zero-order valence-corrected chi connectivity index (χ0v) is 20.8. The number of unbranched alkanes of at least 4 members (excludes halogenated alkanes) is 1. The van der Waals surface area contributed by atoms with E-state index in [0.29, 0.717) is 6.54 Å². The Morgan fingerprint density at radius 3 is 2.35 bits per heavy atom. The number of nitrogens with zero attached hydrogens (tertiary/aromatic N) is 2. The van der Waals surface area contributed by atoms with Crippen LogP contribution in [0.2, 0.25) is 0 Å². The number of carbonyl (C=O) groups is 3. The molecule has 2 aromatic carbocycles. The van der Waals surface area contributed by atoms with Crippen molar-refractivity contribution in [1.82, 2.24) is 9.80 Å². The van der Waals surface area contributed by atoms with Gasteiger partial charge in [0.15, 0.2) is 0 Å². The molecule has 0 aromatic heterocycles. The fourth-order valence-electron chi connectivity index (χ4n) is 4.58. The van der Waals surface area contributed by atoms with E-state index in [4.69, 9.17) is 4.74 Å². The minimum atomic E-state index is -0.546. The molecule has 1 heterocycles. The predicted octanol–water partition coefficient (Wildman–Crippen LogP) is 4.10. The lowest BCUT2D eigenvalue weighted by Gasteiger charge is -2.30. The van der Waals surface area contributed by atoms with Crippen molar-refractivity contribution in [3.63, 3.8) is 0 Å². The van der Waals surface area contributed by atoms with Gasteiger partial charge in [-0.05, 0) is 49.1 Å². The van der Waals surface area contributed by atoms with E-state index in [1.54, 1.807) is 14.2 Å². The quantitative estimate of drug-likeness (QED) is 0.605. The maximum absolute atomic E-state index is 13.5. The number of methoxy groups -OCH3 is 1. The number of hydrogen-bond acceptors (Lipinski definition) is 4. The van der Waals surface area contributed by atoms with E-state index in [9.17, 15) is 14.4 Å². The van der Waals surface area contributed by atoms with E-state index in [1.807, 2.05) is 61.2 Å². The number of hydrogen-bond donors (Lipinski definition) is 1. The molecular formula is C27H35N3O4. The van der Waals surface area contributed by atoms with Crippen molar-refractivity contribution in [1.29, 1.82) is 0 Å². The second-order valence-electron chi connectivity index (χ2n) is 8.98. The maximum Gasteiger partial charge on any atom is 0.243 e. The van der Waals surface area contributed by atoms with E-state index >= 15 is 0 Å². The molecule has 1 saturated heterocycles. The Morgan fingerprint density at radius 1 is 1.12 bits per heavy atom. The van der Waals surface area contributed by atoms with Crippen molar-refractivity contribution in [3.8, 4) is 5.75 Å². The average Bonchev–Trinajstić information content (AvgIpc) is 3.15. The number of ether oxygens (including phenoxy) is 1. The van der Waals surface area contributed by atoms with Crippen molar-refractivity contribution in [2.24, 2.45) is 5.92 Å². The molecule has 0 aliphatic carbocycles. The van der Waals surface area contributed by atoms with Crippen LogP contribution in [0.3, 0.4) is 0 Å². The molecule has 2 unspecified atom stereocenters. The van der Waals surface area contributed by atoms with Gasteiger partial charge in [-0.3, -0.25) is 14.4 Å². The smallest absolute Gasteiger partial charge is 0.243 e. The Morgan fingerprint density at radius 2 is 1.76 bits per heavy atom. The summed E-state index contributed by atoms with van der Waals surface area (Å²) in [4.78, 5) is 42.4. The third kappa shape index (κ3) is 5.58. The molecule has 0 saturated carbocycles. The molecule has 1 N–H and O–H groups in total. The van der Waals surface area contributed by atoms with Gasteiger partial charge < -0.3 is 19.9 Å². The highest BCUT2D eigenvalue weighted by Crippen LogP contribution is 2.39. The highest BCUT2D eigenvalue weighted by Gasteiger charge is 2.45. The molecular weight excluding hydrogens is 430 g/mol. The first-order valence-electron chi connectivity index (χ1n) is 11.8. The molecule has 34 heavy (non-hydrogen) atoms. The van der Waals surface area contributed by atoms with Crippen LogP contribution in [-0.4, -0.2) is 54.8 Å². The van der Waals surface area contributed by atoms with Crippen molar-refractivity contribution >= 4 is 23.4 Å². The normalized spacial score (nSPS) is 17.6. The van der Waals surface area contributed by atoms with Gasteiger partial charge in [0.05, 0.1) is 25.6 Å². The van der Waals surface area contributed by atoms with Gasteiger partial charge in [0, 0.05) is 25.7 Å². The van der Waals surface area contributed by atoms with Gasteiger partial charge in [0.25, 0.3) is 0 Å². The number of nitrogens with one attached hydrogen (secondary N) is 1. The Labute approximate surface area is 202 Å². The molecule has 1 aliphatic heterocycles. The Kier molecular flexibility index (Phi) is 8.31. The summed E-state index contributed by atoms with van der Waals surface area (Å²) in [6.45, 7) is 6.47. The molecule has 1 fully saturated rings. The first-order valence-corrected chi connectivity index (χ1v) is 11.8. The van der Waals surface area contributed by atoms with E-state index < -0.39 is 5.92 Å². The summed E-state index contributed by atoms with van der Waals surface area (Å²) < 4.78 is 5.27. The fourth-order valence-corrected chi connectivity index (χ4v) is 4.58. The number of aryl methyl sites for hydroxylation is 2. The average molecular weight is 466 g/mol. The SMILES string of the molecule is CCCCN1C(=O)CC(C(=O)N(C)CC(=O)Nc2c(C)cccc2C)C1c1ccc(OC)cc1. The number of carbonyl (C=O) groups excluding carboxylic acids is 3. The van der Waals surface area contributed by atoms with Crippen LogP contribution in [0.25, 0.3) is 0 Å². The van der Waals surface area contributed by atoms with Crippen LogP contribution in [0.4, 0.5) is 5.69 Å². The van der Waals surface area contributed by atoms with E-state index in [1.165, 1.54) is 4.90 Å². The molecule has 1 aliphatic rings. The second-order valence-corrected chi connectivity index (χ2v) is 8.98. The molecule has 182 valence electrons. The van der Waals surface area contributed by atoms with E-state index in [0.717, 1.165) is 41.0 Å². The van der Waals surface area contributed by atoms with Crippen LogP contribution < -0.4 is 10.1 Å². The molecule has 3 amide bonds. The Balaban J connectivity index is 1.78. The first-order chi connectivity index (χ1) is 16.3. The molecule has 2 aromatic rings. The Hall–Kier alpha value is -3.35. The summed E-state index contributed by atoms with van der Waals surface area (Å²) in [5, 5.41) is 2.93. The highest BCUT2D eigenvalue weighted by atomic mass is 16.5. The summed E-state index contributed by atoms with van der Waals surface area (Å²) in [7, 11) is 3.23. The van der Waals surface area contributed by atoms with Crippen LogP contribution >= 0.6 is 0 Å². The summed E-state index contributed by atoms with van der Waals surface area (Å²) in [5.74, 6) is -0.320. The van der Waals surface area contributed by atoms with Crippen molar-refractivity contribution in [2.75, 3.05) is 32.6 Å². The van der Waals surface area contributed by atoms with Gasteiger partial charge in [-0.15, -0.1) is 0 Å². The van der Waals surface area contributed by atoms with Gasteiger partial charge >= 0.3 is 0 Å². The van der Waals surface area contributed by atoms with Gasteiger partial charge in [-0.25, -0.2) is 0 Å². The van der Waals surface area contributed by atoms with Gasteiger partial charge in [-0.1, -0.05) is 43.7 Å². The molecule has 3 rings (SSSR count). The monoisotopic (exact) mass is 465 g/mol. The zero-order chi connectivity index (χ0) is 24.8. The number of likely N-dealkylation sites (N-methyl/N-ethyl adjacent to an activating group) is 1. The number of likely N-dealkylation sites (tertiary alicyclic amines) is 1. The number of rotatable bonds is 9. The zero-order valence-electron chi connectivity index (χ0n) is 20.8. The predicted molar refractivity (Wildman–Crippen MR) is 133 cm³/mol. The lowest BCUT2D eigenvalue weighted by molar-refractivity contribution is -0.137.